The Kier molecular flexibility index (Phi) is 7.26. The molecule has 0 unspecified atom stereocenters. The van der Waals surface area contributed by atoms with Crippen molar-refractivity contribution in [3.8, 4) is 16.9 Å². The van der Waals surface area contributed by atoms with Crippen molar-refractivity contribution in [2.75, 3.05) is 52.5 Å². The number of amides is 1. The molecule has 0 aromatic heterocycles. The molecule has 1 atom stereocenters. The van der Waals surface area contributed by atoms with Crippen molar-refractivity contribution in [3.63, 3.8) is 0 Å². The zero-order chi connectivity index (χ0) is 24.2. The average Bonchev–Trinajstić information content (AvgIpc) is 3.52. The van der Waals surface area contributed by atoms with Crippen molar-refractivity contribution in [3.05, 3.63) is 58.6 Å². The van der Waals surface area contributed by atoms with E-state index in [2.05, 4.69) is 10.00 Å². The van der Waals surface area contributed by atoms with Gasteiger partial charge in [0.25, 0.3) is 11.5 Å². The van der Waals surface area contributed by atoms with Crippen molar-refractivity contribution in [2.45, 2.75) is 32.4 Å². The summed E-state index contributed by atoms with van der Waals surface area (Å²) in [5, 5.41) is 4.62. The predicted molar refractivity (Wildman–Crippen MR) is 132 cm³/mol. The molecule has 4 heterocycles. The Bertz CT molecular complexity index is 1160. The van der Waals surface area contributed by atoms with Crippen LogP contribution in [0.25, 0.3) is 16.9 Å². The van der Waals surface area contributed by atoms with Crippen LogP contribution in [-0.2, 0) is 16.0 Å². The first-order valence-electron chi connectivity index (χ1n) is 12.5. The van der Waals surface area contributed by atoms with Gasteiger partial charge in [-0.25, -0.2) is 0 Å². The normalized spacial score (nSPS) is 19.0. The monoisotopic (exact) mass is 479 g/mol. The third-order valence-corrected chi connectivity index (χ3v) is 6.81. The quantitative estimate of drug-likeness (QED) is 0.461. The number of hydrogen-bond donors (Lipinski definition) is 0. The van der Waals surface area contributed by atoms with Gasteiger partial charge in [-0.1, -0.05) is 18.2 Å². The molecule has 0 aliphatic carbocycles. The lowest BCUT2D eigenvalue weighted by Crippen LogP contribution is -2.49. The van der Waals surface area contributed by atoms with Crippen LogP contribution in [0.2, 0.25) is 0 Å². The molecule has 9 nitrogen and oxygen atoms in total. The van der Waals surface area contributed by atoms with Crippen molar-refractivity contribution in [1.82, 2.24) is 24.1 Å². The fraction of sp³-hybridized carbons (Fsp3) is 0.500. The summed E-state index contributed by atoms with van der Waals surface area (Å²) in [6.45, 7) is 8.52. The molecule has 0 N–H and O–H groups in total. The Balaban J connectivity index is 1.44. The van der Waals surface area contributed by atoms with Gasteiger partial charge in [-0.15, -0.1) is 0 Å². The topological polar surface area (TPSA) is 81.8 Å². The highest BCUT2D eigenvalue weighted by Gasteiger charge is 2.29. The minimum absolute atomic E-state index is 0.0844. The summed E-state index contributed by atoms with van der Waals surface area (Å²) in [4.78, 5) is 31.3. The van der Waals surface area contributed by atoms with Gasteiger partial charge in [0, 0.05) is 64.9 Å². The van der Waals surface area contributed by atoms with Crippen LogP contribution in [0.1, 0.15) is 30.1 Å². The number of nitrogens with zero attached hydrogens (tertiary/aromatic N) is 5. The van der Waals surface area contributed by atoms with Gasteiger partial charge in [-0.2, -0.15) is 9.78 Å². The number of carbonyl (C=O) groups is 1. The van der Waals surface area contributed by atoms with E-state index in [0.29, 0.717) is 55.4 Å². The van der Waals surface area contributed by atoms with E-state index >= 15 is 0 Å². The third-order valence-electron chi connectivity index (χ3n) is 6.81. The van der Waals surface area contributed by atoms with Crippen molar-refractivity contribution in [2.24, 2.45) is 0 Å². The molecule has 2 saturated heterocycles. The zero-order valence-corrected chi connectivity index (χ0v) is 20.3. The first kappa shape index (κ1) is 23.7. The molecule has 4 aliphatic rings. The Hall–Kier alpha value is -3.01. The van der Waals surface area contributed by atoms with Crippen LogP contribution in [-0.4, -0.2) is 88.7 Å². The van der Waals surface area contributed by atoms with Crippen LogP contribution >= 0.6 is 0 Å². The molecule has 4 aliphatic heterocycles. The molecular formula is C26H33N5O4. The number of fused-ring (bicyclic) bond motifs is 1. The highest BCUT2D eigenvalue weighted by molar-refractivity contribution is 6.00. The second-order valence-corrected chi connectivity index (χ2v) is 9.15. The third kappa shape index (κ3) is 5.17. The van der Waals surface area contributed by atoms with E-state index in [0.717, 1.165) is 39.1 Å². The van der Waals surface area contributed by atoms with Crippen molar-refractivity contribution in [1.29, 1.82) is 0 Å². The van der Waals surface area contributed by atoms with Crippen LogP contribution in [0, 0.1) is 0 Å². The summed E-state index contributed by atoms with van der Waals surface area (Å²) in [5.41, 5.74) is 1.83. The number of rotatable bonds is 8. The second-order valence-electron chi connectivity index (χ2n) is 9.15. The maximum Gasteiger partial charge on any atom is 0.282 e. The van der Waals surface area contributed by atoms with E-state index < -0.39 is 0 Å². The Labute approximate surface area is 205 Å². The molecule has 2 fully saturated rings. The highest BCUT2D eigenvalue weighted by atomic mass is 16.5. The Morgan fingerprint density at radius 1 is 1.14 bits per heavy atom. The molecule has 9 heteroatoms. The van der Waals surface area contributed by atoms with Gasteiger partial charge in [-0.05, 0) is 31.9 Å². The van der Waals surface area contributed by atoms with E-state index in [1.165, 1.54) is 4.68 Å². The molecular weight excluding hydrogens is 446 g/mol. The number of piperazine rings is 1. The molecule has 0 spiro atoms. The van der Waals surface area contributed by atoms with Crippen molar-refractivity contribution < 1.29 is 14.3 Å². The summed E-state index contributed by atoms with van der Waals surface area (Å²) >= 11 is 0. The van der Waals surface area contributed by atoms with Crippen LogP contribution < -0.4 is 5.56 Å². The van der Waals surface area contributed by atoms with Crippen LogP contribution in [0.3, 0.4) is 0 Å². The van der Waals surface area contributed by atoms with E-state index in [-0.39, 0.29) is 17.6 Å². The first-order chi connectivity index (χ1) is 17.1. The summed E-state index contributed by atoms with van der Waals surface area (Å²) < 4.78 is 14.6. The zero-order valence-electron chi connectivity index (χ0n) is 20.3. The van der Waals surface area contributed by atoms with Gasteiger partial charge in [0.05, 0.1) is 29.5 Å². The molecule has 5 rings (SSSR count). The highest BCUT2D eigenvalue weighted by Crippen LogP contribution is 2.25. The lowest BCUT2D eigenvalue weighted by atomic mass is 10.1. The second kappa shape index (κ2) is 10.7. The van der Waals surface area contributed by atoms with Gasteiger partial charge in [0.1, 0.15) is 5.69 Å². The Morgan fingerprint density at radius 3 is 2.66 bits per heavy atom. The van der Waals surface area contributed by atoms with Gasteiger partial charge >= 0.3 is 0 Å². The van der Waals surface area contributed by atoms with E-state index in [1.54, 1.807) is 0 Å². The summed E-state index contributed by atoms with van der Waals surface area (Å²) in [7, 11) is 0. The van der Waals surface area contributed by atoms with Gasteiger partial charge in [0.15, 0.2) is 0 Å². The Morgan fingerprint density at radius 2 is 1.94 bits per heavy atom. The molecule has 0 radical (unpaired) electrons. The van der Waals surface area contributed by atoms with Gasteiger partial charge in [-0.3, -0.25) is 14.5 Å². The smallest absolute Gasteiger partial charge is 0.282 e. The molecule has 1 amide bonds. The lowest BCUT2D eigenvalue weighted by Gasteiger charge is -2.34. The van der Waals surface area contributed by atoms with Crippen LogP contribution in [0.5, 0.6) is 0 Å². The molecule has 186 valence electrons. The fourth-order valence-corrected chi connectivity index (χ4v) is 4.87. The molecule has 35 heavy (non-hydrogen) atoms. The van der Waals surface area contributed by atoms with Gasteiger partial charge in [0.2, 0.25) is 0 Å². The molecule has 0 bridgehead atoms. The largest absolute Gasteiger partial charge is 0.380 e. The number of para-hydroxylation sites is 1. The summed E-state index contributed by atoms with van der Waals surface area (Å²) in [6.07, 6.45) is 5.76. The van der Waals surface area contributed by atoms with Crippen LogP contribution in [0.4, 0.5) is 0 Å². The number of carbonyl (C=O) groups excluding carboxylic acids is 1. The summed E-state index contributed by atoms with van der Waals surface area (Å²) in [6, 6.07) is 9.33. The standard InChI is InChI=1S/C26H33N5O4/c1-2-34-16-14-28-10-12-30(13-11-28)25(32)22-18-29(17-21-9-6-15-35-21)19-23-24(22)27-31(26(23)33)20-7-4-3-5-8-20/h3-5,7-8,18-19,21H,2,6,9-17H2,1H3/t21-/m0/s1. The predicted octanol–water partition coefficient (Wildman–Crippen LogP) is 2.11. The SMILES string of the molecule is CCOCCN1CCN(C(=O)c2cn(C[C@@H]3CCCO3)cc3c(=O)n(-c4ccccc4)nc2-3)CC1. The molecule has 1 aromatic rings. The number of benzene rings is 1. The van der Waals surface area contributed by atoms with E-state index in [4.69, 9.17) is 9.47 Å². The summed E-state index contributed by atoms with van der Waals surface area (Å²) in [5.74, 6) is -0.0844. The molecule has 0 saturated carbocycles. The van der Waals surface area contributed by atoms with E-state index in [9.17, 15) is 9.59 Å². The van der Waals surface area contributed by atoms with Crippen LogP contribution in [0.15, 0.2) is 47.5 Å². The van der Waals surface area contributed by atoms with Crippen molar-refractivity contribution >= 4 is 5.91 Å². The number of ether oxygens (including phenoxy) is 2. The number of hydrogen-bond acceptors (Lipinski definition) is 6. The van der Waals surface area contributed by atoms with E-state index in [1.807, 2.05) is 59.1 Å². The maximum absolute atomic E-state index is 13.7. The average molecular weight is 480 g/mol. The maximum atomic E-state index is 13.7. The number of pyridine rings is 1. The lowest BCUT2D eigenvalue weighted by molar-refractivity contribution is 0.0563. The minimum Gasteiger partial charge on any atom is -0.380 e. The number of aromatic nitrogens is 3. The minimum atomic E-state index is -0.220. The first-order valence-corrected chi connectivity index (χ1v) is 12.5. The fourth-order valence-electron chi connectivity index (χ4n) is 4.87. The molecule has 1 aromatic carbocycles. The van der Waals surface area contributed by atoms with Gasteiger partial charge < -0.3 is 18.9 Å².